The predicted octanol–water partition coefficient (Wildman–Crippen LogP) is 4.54. The molecule has 0 fully saturated rings. The highest BCUT2D eigenvalue weighted by molar-refractivity contribution is 9.10. The third-order valence-corrected chi connectivity index (χ3v) is 3.45. The van der Waals surface area contributed by atoms with Crippen molar-refractivity contribution in [2.24, 2.45) is 0 Å². The molecule has 0 N–H and O–H groups in total. The van der Waals surface area contributed by atoms with E-state index in [2.05, 4.69) is 15.9 Å². The molecule has 2 aromatic carbocycles. The minimum atomic E-state index is 0.00613. The zero-order valence-corrected chi connectivity index (χ0v) is 12.7. The Bertz CT molecular complexity index is 611. The summed E-state index contributed by atoms with van der Waals surface area (Å²) in [5, 5.41) is 0.552. The Kier molecular flexibility index (Phi) is 4.61. The number of rotatable bonds is 4. The van der Waals surface area contributed by atoms with Crippen molar-refractivity contribution in [1.29, 1.82) is 0 Å². The molecule has 19 heavy (non-hydrogen) atoms. The van der Waals surface area contributed by atoms with Gasteiger partial charge in [0, 0.05) is 15.9 Å². The molecule has 0 heterocycles. The Morgan fingerprint density at radius 1 is 1.26 bits per heavy atom. The first-order valence-corrected chi connectivity index (χ1v) is 6.88. The van der Waals surface area contributed by atoms with Crippen LogP contribution in [0.1, 0.15) is 15.9 Å². The maximum atomic E-state index is 12.3. The molecule has 0 bridgehead atoms. The average molecular weight is 340 g/mol. The quantitative estimate of drug-likeness (QED) is 0.765. The van der Waals surface area contributed by atoms with Crippen molar-refractivity contribution in [2.45, 2.75) is 6.42 Å². The molecule has 0 unspecified atom stereocenters. The molecule has 2 rings (SSSR count). The summed E-state index contributed by atoms with van der Waals surface area (Å²) in [6, 6.07) is 12.7. The number of ketones is 1. The zero-order chi connectivity index (χ0) is 13.8. The van der Waals surface area contributed by atoms with E-state index in [0.717, 1.165) is 10.0 Å². The van der Waals surface area contributed by atoms with Crippen LogP contribution in [0, 0.1) is 0 Å². The van der Waals surface area contributed by atoms with Crippen molar-refractivity contribution >= 4 is 33.3 Å². The van der Waals surface area contributed by atoms with Crippen LogP contribution in [0.2, 0.25) is 5.02 Å². The Balaban J connectivity index is 2.25. The molecule has 0 saturated carbocycles. The minimum Gasteiger partial charge on any atom is -0.496 e. The third kappa shape index (κ3) is 3.58. The van der Waals surface area contributed by atoms with Crippen molar-refractivity contribution in [3.63, 3.8) is 0 Å². The summed E-state index contributed by atoms with van der Waals surface area (Å²) in [6.07, 6.45) is 0.331. The molecule has 0 aromatic heterocycles. The summed E-state index contributed by atoms with van der Waals surface area (Å²) in [4.78, 5) is 12.3. The normalized spacial score (nSPS) is 10.3. The monoisotopic (exact) mass is 338 g/mol. The largest absolute Gasteiger partial charge is 0.496 e. The topological polar surface area (TPSA) is 26.3 Å². The van der Waals surface area contributed by atoms with Crippen LogP contribution in [0.4, 0.5) is 0 Å². The van der Waals surface area contributed by atoms with E-state index in [1.807, 2.05) is 24.3 Å². The van der Waals surface area contributed by atoms with Gasteiger partial charge in [0.1, 0.15) is 5.75 Å². The highest BCUT2D eigenvalue weighted by Gasteiger charge is 2.13. The SMILES string of the molecule is COc1cc(Cl)ccc1C(=O)Cc1cccc(Br)c1. The van der Waals surface area contributed by atoms with Gasteiger partial charge >= 0.3 is 0 Å². The summed E-state index contributed by atoms with van der Waals surface area (Å²) in [7, 11) is 1.53. The van der Waals surface area contributed by atoms with E-state index in [-0.39, 0.29) is 5.78 Å². The Labute approximate surface area is 125 Å². The standard InChI is InChI=1S/C15H12BrClO2/c1-19-15-9-12(17)5-6-13(15)14(18)8-10-3-2-4-11(16)7-10/h2-7,9H,8H2,1H3. The lowest BCUT2D eigenvalue weighted by Gasteiger charge is -2.08. The van der Waals surface area contributed by atoms with Crippen LogP contribution in [0.25, 0.3) is 0 Å². The molecule has 0 spiro atoms. The van der Waals surface area contributed by atoms with E-state index >= 15 is 0 Å². The molecule has 98 valence electrons. The van der Waals surface area contributed by atoms with Gasteiger partial charge in [-0.05, 0) is 35.9 Å². The highest BCUT2D eigenvalue weighted by atomic mass is 79.9. The molecule has 2 nitrogen and oxygen atoms in total. The van der Waals surface area contributed by atoms with Crippen molar-refractivity contribution in [3.05, 3.63) is 63.1 Å². The van der Waals surface area contributed by atoms with E-state index in [1.54, 1.807) is 18.2 Å². The van der Waals surface area contributed by atoms with Crippen LogP contribution in [-0.4, -0.2) is 12.9 Å². The maximum Gasteiger partial charge on any atom is 0.170 e. The first kappa shape index (κ1) is 14.1. The molecule has 0 aliphatic heterocycles. The first-order chi connectivity index (χ1) is 9.10. The van der Waals surface area contributed by atoms with Gasteiger partial charge in [0.05, 0.1) is 12.7 Å². The Morgan fingerprint density at radius 2 is 2.05 bits per heavy atom. The summed E-state index contributed by atoms with van der Waals surface area (Å²) >= 11 is 9.28. The van der Waals surface area contributed by atoms with Gasteiger partial charge in [-0.1, -0.05) is 39.7 Å². The summed E-state index contributed by atoms with van der Waals surface area (Å²) in [5.41, 5.74) is 1.50. The number of benzene rings is 2. The van der Waals surface area contributed by atoms with Gasteiger partial charge in [-0.2, -0.15) is 0 Å². The molecule has 0 saturated heterocycles. The molecular weight excluding hydrogens is 328 g/mol. The van der Waals surface area contributed by atoms with Gasteiger partial charge in [-0.15, -0.1) is 0 Å². The van der Waals surface area contributed by atoms with Crippen LogP contribution in [0.3, 0.4) is 0 Å². The number of hydrogen-bond acceptors (Lipinski definition) is 2. The van der Waals surface area contributed by atoms with E-state index < -0.39 is 0 Å². The molecule has 0 radical (unpaired) electrons. The van der Waals surface area contributed by atoms with E-state index in [4.69, 9.17) is 16.3 Å². The summed E-state index contributed by atoms with van der Waals surface area (Å²) in [6.45, 7) is 0. The Morgan fingerprint density at radius 3 is 2.74 bits per heavy atom. The maximum absolute atomic E-state index is 12.3. The van der Waals surface area contributed by atoms with Crippen LogP contribution in [-0.2, 0) is 6.42 Å². The second-order valence-corrected chi connectivity index (χ2v) is 5.43. The second-order valence-electron chi connectivity index (χ2n) is 4.07. The van der Waals surface area contributed by atoms with E-state index in [9.17, 15) is 4.79 Å². The van der Waals surface area contributed by atoms with Crippen LogP contribution in [0.15, 0.2) is 46.9 Å². The molecule has 0 atom stereocenters. The fourth-order valence-corrected chi connectivity index (χ4v) is 2.43. The van der Waals surface area contributed by atoms with Gasteiger partial charge in [-0.3, -0.25) is 4.79 Å². The van der Waals surface area contributed by atoms with E-state index in [1.165, 1.54) is 7.11 Å². The highest BCUT2D eigenvalue weighted by Crippen LogP contribution is 2.24. The lowest BCUT2D eigenvalue weighted by molar-refractivity contribution is 0.0990. The van der Waals surface area contributed by atoms with Crippen molar-refractivity contribution in [2.75, 3.05) is 7.11 Å². The van der Waals surface area contributed by atoms with Gasteiger partial charge < -0.3 is 4.74 Å². The number of hydrogen-bond donors (Lipinski definition) is 0. The lowest BCUT2D eigenvalue weighted by Crippen LogP contribution is -2.05. The summed E-state index contributed by atoms with van der Waals surface area (Å²) in [5.74, 6) is 0.513. The van der Waals surface area contributed by atoms with Gasteiger partial charge in [-0.25, -0.2) is 0 Å². The molecule has 4 heteroatoms. The number of carbonyl (C=O) groups is 1. The van der Waals surface area contributed by atoms with Crippen molar-refractivity contribution in [1.82, 2.24) is 0 Å². The van der Waals surface area contributed by atoms with Crippen molar-refractivity contribution in [3.8, 4) is 5.75 Å². The van der Waals surface area contributed by atoms with Crippen molar-refractivity contribution < 1.29 is 9.53 Å². The number of ether oxygens (including phenoxy) is 1. The molecular formula is C15H12BrClO2. The fourth-order valence-electron chi connectivity index (χ4n) is 1.82. The Hall–Kier alpha value is -1.32. The molecule has 2 aromatic rings. The fraction of sp³-hybridized carbons (Fsp3) is 0.133. The van der Waals surface area contributed by atoms with Gasteiger partial charge in [0.2, 0.25) is 0 Å². The number of halogens is 2. The molecule has 0 aliphatic rings. The third-order valence-electron chi connectivity index (χ3n) is 2.72. The lowest BCUT2D eigenvalue weighted by atomic mass is 10.0. The van der Waals surface area contributed by atoms with Gasteiger partial charge in [0.15, 0.2) is 5.78 Å². The van der Waals surface area contributed by atoms with Crippen LogP contribution in [0.5, 0.6) is 5.75 Å². The van der Waals surface area contributed by atoms with Gasteiger partial charge in [0.25, 0.3) is 0 Å². The summed E-state index contributed by atoms with van der Waals surface area (Å²) < 4.78 is 6.15. The number of Topliss-reactive ketones (excluding diaryl/α,β-unsaturated/α-hetero) is 1. The minimum absolute atomic E-state index is 0.00613. The predicted molar refractivity (Wildman–Crippen MR) is 80.2 cm³/mol. The first-order valence-electron chi connectivity index (χ1n) is 5.71. The molecule has 0 amide bonds. The number of methoxy groups -OCH3 is 1. The molecule has 0 aliphatic carbocycles. The van der Waals surface area contributed by atoms with Crippen LogP contribution >= 0.6 is 27.5 Å². The number of carbonyl (C=O) groups excluding carboxylic acids is 1. The zero-order valence-electron chi connectivity index (χ0n) is 10.3. The van der Waals surface area contributed by atoms with E-state index in [0.29, 0.717) is 22.8 Å². The second kappa shape index (κ2) is 6.22. The average Bonchev–Trinajstić information content (AvgIpc) is 2.38. The smallest absolute Gasteiger partial charge is 0.170 e. The van der Waals surface area contributed by atoms with Crippen LogP contribution < -0.4 is 4.74 Å².